The van der Waals surface area contributed by atoms with Crippen molar-refractivity contribution < 1.29 is 0 Å². The SMILES string of the molecule is C1#Cc2c(sc3ccc4c(c23)C2(C3=C(C=CCC3)c3ccccc32)c2ccccc2-4)C=CC1. The van der Waals surface area contributed by atoms with Crippen LogP contribution in [0.25, 0.3) is 32.9 Å². The average molecular weight is 437 g/mol. The Morgan fingerprint density at radius 3 is 2.52 bits per heavy atom. The molecule has 1 aromatic heterocycles. The fourth-order valence-corrected chi connectivity index (χ4v) is 7.81. The highest BCUT2D eigenvalue weighted by Gasteiger charge is 2.53. The molecule has 0 amide bonds. The van der Waals surface area contributed by atoms with E-state index in [9.17, 15) is 0 Å². The van der Waals surface area contributed by atoms with Gasteiger partial charge in [-0.1, -0.05) is 84.7 Å². The Kier molecular flexibility index (Phi) is 3.39. The van der Waals surface area contributed by atoms with E-state index in [0.717, 1.165) is 19.3 Å². The molecule has 4 aliphatic carbocycles. The van der Waals surface area contributed by atoms with Crippen LogP contribution >= 0.6 is 11.3 Å². The van der Waals surface area contributed by atoms with Crippen LogP contribution in [0.2, 0.25) is 0 Å². The van der Waals surface area contributed by atoms with Crippen LogP contribution in [0, 0.1) is 11.8 Å². The first-order chi connectivity index (χ1) is 16.4. The van der Waals surface area contributed by atoms with E-state index in [1.807, 2.05) is 11.3 Å². The molecule has 8 rings (SSSR count). The van der Waals surface area contributed by atoms with Gasteiger partial charge in [0, 0.05) is 21.4 Å². The second-order valence-corrected chi connectivity index (χ2v) is 10.4. The van der Waals surface area contributed by atoms with E-state index in [2.05, 4.69) is 96.8 Å². The standard InChI is InChI=1S/C32H20S/c1-2-13-24-28(17-3-1)33-29-19-18-23-22-12-6-9-16-27(22)32(31(23)30(24)29)25-14-7-4-10-20(25)21-11-5-8-15-26(21)32/h3-7,9-12,14,16-19H,1,8,15H2. The lowest BCUT2D eigenvalue weighted by Gasteiger charge is -2.34. The van der Waals surface area contributed by atoms with Crippen LogP contribution < -0.4 is 0 Å². The summed E-state index contributed by atoms with van der Waals surface area (Å²) in [6, 6.07) is 22.9. The summed E-state index contributed by atoms with van der Waals surface area (Å²) in [5.74, 6) is 6.97. The molecule has 154 valence electrons. The maximum atomic E-state index is 3.57. The topological polar surface area (TPSA) is 0 Å². The Bertz CT molecular complexity index is 1690. The Morgan fingerprint density at radius 1 is 0.788 bits per heavy atom. The Hall–Kier alpha value is -3.60. The summed E-state index contributed by atoms with van der Waals surface area (Å²) in [6.45, 7) is 0. The van der Waals surface area contributed by atoms with Gasteiger partial charge in [-0.2, -0.15) is 0 Å². The molecule has 0 N–H and O–H groups in total. The largest absolute Gasteiger partial charge is 0.134 e. The number of allylic oxidation sites excluding steroid dienone is 5. The minimum absolute atomic E-state index is 0.228. The molecule has 0 fully saturated rings. The van der Waals surface area contributed by atoms with Crippen molar-refractivity contribution in [2.45, 2.75) is 24.7 Å². The van der Waals surface area contributed by atoms with Crippen LogP contribution in [0.3, 0.4) is 0 Å². The highest BCUT2D eigenvalue weighted by atomic mass is 32.1. The quantitative estimate of drug-likeness (QED) is 0.244. The zero-order valence-electron chi connectivity index (χ0n) is 18.1. The Labute approximate surface area is 197 Å². The van der Waals surface area contributed by atoms with E-state index in [-0.39, 0.29) is 5.41 Å². The lowest BCUT2D eigenvalue weighted by Crippen LogP contribution is -2.28. The number of hydrogen-bond acceptors (Lipinski definition) is 1. The van der Waals surface area contributed by atoms with Gasteiger partial charge in [0.05, 0.1) is 11.0 Å². The van der Waals surface area contributed by atoms with Crippen molar-refractivity contribution in [2.75, 3.05) is 0 Å². The molecule has 0 nitrogen and oxygen atoms in total. The average Bonchev–Trinajstić information content (AvgIpc) is 3.40. The minimum atomic E-state index is -0.228. The van der Waals surface area contributed by atoms with Gasteiger partial charge in [-0.3, -0.25) is 0 Å². The van der Waals surface area contributed by atoms with E-state index in [4.69, 9.17) is 0 Å². The molecule has 1 spiro atoms. The molecular formula is C32H20S. The number of hydrogen-bond donors (Lipinski definition) is 0. The van der Waals surface area contributed by atoms with Crippen molar-refractivity contribution in [1.29, 1.82) is 0 Å². The second kappa shape index (κ2) is 6.25. The lowest BCUT2D eigenvalue weighted by molar-refractivity contribution is 0.719. The summed E-state index contributed by atoms with van der Waals surface area (Å²) in [6.07, 6.45) is 12.2. The summed E-state index contributed by atoms with van der Waals surface area (Å²) < 4.78 is 1.35. The van der Waals surface area contributed by atoms with Crippen molar-refractivity contribution in [1.82, 2.24) is 0 Å². The molecule has 0 saturated heterocycles. The van der Waals surface area contributed by atoms with Crippen molar-refractivity contribution in [3.8, 4) is 23.0 Å². The van der Waals surface area contributed by atoms with E-state index in [0.29, 0.717) is 0 Å². The molecule has 1 heterocycles. The highest BCUT2D eigenvalue weighted by Crippen LogP contribution is 2.65. The van der Waals surface area contributed by atoms with E-state index >= 15 is 0 Å². The molecule has 4 aromatic rings. The van der Waals surface area contributed by atoms with Crippen LogP contribution in [0.1, 0.15) is 52.0 Å². The number of benzene rings is 3. The first kappa shape index (κ1) is 17.9. The van der Waals surface area contributed by atoms with Crippen LogP contribution in [-0.4, -0.2) is 0 Å². The molecule has 33 heavy (non-hydrogen) atoms. The first-order valence-electron chi connectivity index (χ1n) is 11.7. The van der Waals surface area contributed by atoms with Gasteiger partial charge in [-0.05, 0) is 69.5 Å². The third kappa shape index (κ3) is 2.04. The molecule has 0 radical (unpaired) electrons. The summed E-state index contributed by atoms with van der Waals surface area (Å²) >= 11 is 1.89. The van der Waals surface area contributed by atoms with Crippen LogP contribution in [-0.2, 0) is 5.41 Å². The molecule has 0 aliphatic heterocycles. The number of thiophene rings is 1. The number of rotatable bonds is 0. The van der Waals surface area contributed by atoms with E-state index in [1.54, 1.807) is 5.57 Å². The lowest BCUT2D eigenvalue weighted by atomic mass is 9.67. The predicted octanol–water partition coefficient (Wildman–Crippen LogP) is 8.10. The van der Waals surface area contributed by atoms with Gasteiger partial charge in [-0.15, -0.1) is 11.3 Å². The van der Waals surface area contributed by atoms with Gasteiger partial charge in [0.1, 0.15) is 0 Å². The third-order valence-electron chi connectivity index (χ3n) is 7.83. The van der Waals surface area contributed by atoms with Gasteiger partial charge in [0.15, 0.2) is 0 Å². The maximum absolute atomic E-state index is 3.57. The zero-order valence-corrected chi connectivity index (χ0v) is 18.9. The Balaban J connectivity index is 1.63. The first-order valence-corrected chi connectivity index (χ1v) is 12.6. The van der Waals surface area contributed by atoms with Gasteiger partial charge < -0.3 is 0 Å². The predicted molar refractivity (Wildman–Crippen MR) is 139 cm³/mol. The zero-order chi connectivity index (χ0) is 21.6. The molecule has 0 bridgehead atoms. The van der Waals surface area contributed by atoms with E-state index < -0.39 is 0 Å². The molecule has 1 heteroatoms. The van der Waals surface area contributed by atoms with Crippen molar-refractivity contribution in [3.05, 3.63) is 117 Å². The van der Waals surface area contributed by atoms with Crippen molar-refractivity contribution in [3.63, 3.8) is 0 Å². The van der Waals surface area contributed by atoms with Gasteiger partial charge in [-0.25, -0.2) is 0 Å². The molecule has 4 aliphatic rings. The second-order valence-electron chi connectivity index (χ2n) is 9.29. The van der Waals surface area contributed by atoms with Crippen molar-refractivity contribution >= 4 is 33.1 Å². The maximum Gasteiger partial charge on any atom is 0.0695 e. The minimum Gasteiger partial charge on any atom is -0.134 e. The van der Waals surface area contributed by atoms with Crippen LogP contribution in [0.5, 0.6) is 0 Å². The van der Waals surface area contributed by atoms with Crippen LogP contribution in [0.4, 0.5) is 0 Å². The monoisotopic (exact) mass is 436 g/mol. The fraction of sp³-hybridized carbons (Fsp3) is 0.125. The third-order valence-corrected chi connectivity index (χ3v) is 8.95. The summed E-state index contributed by atoms with van der Waals surface area (Å²) in [7, 11) is 0. The Morgan fingerprint density at radius 2 is 1.61 bits per heavy atom. The number of fused-ring (bicyclic) bond motifs is 13. The molecule has 0 saturated carbocycles. The molecule has 3 aromatic carbocycles. The summed E-state index contributed by atoms with van der Waals surface area (Å²) in [5.41, 5.74) is 12.5. The van der Waals surface area contributed by atoms with Crippen molar-refractivity contribution in [2.24, 2.45) is 0 Å². The normalized spacial score (nSPS) is 20.7. The van der Waals surface area contributed by atoms with E-state index in [1.165, 1.54) is 59.5 Å². The van der Waals surface area contributed by atoms with Gasteiger partial charge in [0.2, 0.25) is 0 Å². The van der Waals surface area contributed by atoms with Gasteiger partial charge in [0.25, 0.3) is 0 Å². The van der Waals surface area contributed by atoms with Crippen LogP contribution in [0.15, 0.2) is 84.5 Å². The molecule has 1 unspecified atom stereocenters. The van der Waals surface area contributed by atoms with Gasteiger partial charge >= 0.3 is 0 Å². The highest BCUT2D eigenvalue weighted by molar-refractivity contribution is 7.20. The molecule has 1 atom stereocenters. The summed E-state index contributed by atoms with van der Waals surface area (Å²) in [4.78, 5) is 1.30. The smallest absolute Gasteiger partial charge is 0.0695 e. The fourth-order valence-electron chi connectivity index (χ4n) is 6.72. The molecular weight excluding hydrogens is 416 g/mol. The summed E-state index contributed by atoms with van der Waals surface area (Å²) in [5, 5.41) is 1.38.